The number of para-hydroxylation sites is 1. The van der Waals surface area contributed by atoms with Gasteiger partial charge in [0.15, 0.2) is 11.5 Å². The second-order valence-electron chi connectivity index (χ2n) is 4.13. The van der Waals surface area contributed by atoms with Crippen molar-refractivity contribution in [2.45, 2.75) is 5.25 Å². The number of benzene rings is 1. The SMILES string of the molecule is COc1cccc(C(=O)NCC2CSCCS2)c1O. The highest BCUT2D eigenvalue weighted by atomic mass is 32.2. The van der Waals surface area contributed by atoms with E-state index in [1.165, 1.54) is 12.9 Å². The first kappa shape index (κ1) is 14.4. The summed E-state index contributed by atoms with van der Waals surface area (Å²) in [5.74, 6) is 3.34. The van der Waals surface area contributed by atoms with E-state index < -0.39 is 0 Å². The summed E-state index contributed by atoms with van der Waals surface area (Å²) in [6.07, 6.45) is 0. The average Bonchev–Trinajstić information content (AvgIpc) is 2.46. The molecule has 1 aromatic rings. The molecule has 1 aromatic carbocycles. The van der Waals surface area contributed by atoms with Gasteiger partial charge in [-0.15, -0.1) is 0 Å². The molecule has 0 spiro atoms. The van der Waals surface area contributed by atoms with Gasteiger partial charge in [-0.2, -0.15) is 23.5 Å². The molecule has 0 bridgehead atoms. The highest BCUT2D eigenvalue weighted by molar-refractivity contribution is 8.06. The van der Waals surface area contributed by atoms with Crippen molar-refractivity contribution in [3.05, 3.63) is 23.8 Å². The summed E-state index contributed by atoms with van der Waals surface area (Å²) < 4.78 is 4.99. The normalized spacial score (nSPS) is 18.9. The zero-order chi connectivity index (χ0) is 13.7. The van der Waals surface area contributed by atoms with Crippen molar-refractivity contribution in [3.63, 3.8) is 0 Å². The highest BCUT2D eigenvalue weighted by Gasteiger charge is 2.18. The molecule has 2 rings (SSSR count). The van der Waals surface area contributed by atoms with Gasteiger partial charge in [0.2, 0.25) is 0 Å². The summed E-state index contributed by atoms with van der Waals surface area (Å²) in [4.78, 5) is 12.0. The molecule has 1 amide bonds. The summed E-state index contributed by atoms with van der Waals surface area (Å²) in [6, 6.07) is 4.91. The van der Waals surface area contributed by atoms with E-state index in [2.05, 4.69) is 5.32 Å². The number of hydrogen-bond acceptors (Lipinski definition) is 5. The van der Waals surface area contributed by atoms with Gasteiger partial charge >= 0.3 is 0 Å². The molecule has 0 saturated carbocycles. The molecule has 0 radical (unpaired) electrons. The van der Waals surface area contributed by atoms with Crippen molar-refractivity contribution in [1.82, 2.24) is 5.32 Å². The summed E-state index contributed by atoms with van der Waals surface area (Å²) in [6.45, 7) is 0.632. The quantitative estimate of drug-likeness (QED) is 0.890. The Hall–Kier alpha value is -1.01. The van der Waals surface area contributed by atoms with Gasteiger partial charge in [0.1, 0.15) is 0 Å². The van der Waals surface area contributed by atoms with Crippen molar-refractivity contribution >= 4 is 29.4 Å². The van der Waals surface area contributed by atoms with Crippen LogP contribution < -0.4 is 10.1 Å². The van der Waals surface area contributed by atoms with E-state index in [-0.39, 0.29) is 17.2 Å². The fourth-order valence-corrected chi connectivity index (χ4v) is 4.44. The van der Waals surface area contributed by atoms with Gasteiger partial charge in [0.25, 0.3) is 5.91 Å². The lowest BCUT2D eigenvalue weighted by Crippen LogP contribution is -2.33. The van der Waals surface area contributed by atoms with Crippen molar-refractivity contribution in [2.75, 3.05) is 30.9 Å². The monoisotopic (exact) mass is 299 g/mol. The lowest BCUT2D eigenvalue weighted by molar-refractivity contribution is 0.0951. The molecular weight excluding hydrogens is 282 g/mol. The number of amides is 1. The van der Waals surface area contributed by atoms with E-state index >= 15 is 0 Å². The lowest BCUT2D eigenvalue weighted by Gasteiger charge is -2.21. The number of aromatic hydroxyl groups is 1. The molecule has 1 unspecified atom stereocenters. The van der Waals surface area contributed by atoms with Crippen molar-refractivity contribution in [1.29, 1.82) is 0 Å². The highest BCUT2D eigenvalue weighted by Crippen LogP contribution is 2.29. The smallest absolute Gasteiger partial charge is 0.255 e. The number of thioether (sulfide) groups is 2. The Kier molecular flexibility index (Phi) is 5.27. The van der Waals surface area contributed by atoms with Crippen LogP contribution in [-0.4, -0.2) is 47.2 Å². The van der Waals surface area contributed by atoms with Gasteiger partial charge in [0, 0.05) is 29.1 Å². The predicted molar refractivity (Wildman–Crippen MR) is 80.6 cm³/mol. The topological polar surface area (TPSA) is 58.6 Å². The minimum Gasteiger partial charge on any atom is -0.504 e. The first-order valence-corrected chi connectivity index (χ1v) is 8.26. The third-order valence-corrected chi connectivity index (χ3v) is 5.68. The summed E-state index contributed by atoms with van der Waals surface area (Å²) in [7, 11) is 1.46. The fourth-order valence-electron chi connectivity index (χ4n) is 1.83. The molecule has 1 aliphatic heterocycles. The third-order valence-electron chi connectivity index (χ3n) is 2.84. The van der Waals surface area contributed by atoms with E-state index in [9.17, 15) is 9.90 Å². The molecule has 4 nitrogen and oxygen atoms in total. The molecule has 1 saturated heterocycles. The predicted octanol–water partition coefficient (Wildman–Crippen LogP) is 1.98. The van der Waals surface area contributed by atoms with Crippen LogP contribution in [0.4, 0.5) is 0 Å². The molecule has 6 heteroatoms. The van der Waals surface area contributed by atoms with Gasteiger partial charge in [-0.1, -0.05) is 6.07 Å². The number of carbonyl (C=O) groups is 1. The summed E-state index contributed by atoms with van der Waals surface area (Å²) >= 11 is 3.81. The molecule has 0 aliphatic carbocycles. The number of carbonyl (C=O) groups excluding carboxylic acids is 1. The van der Waals surface area contributed by atoms with Crippen LogP contribution in [0.2, 0.25) is 0 Å². The molecule has 1 heterocycles. The van der Waals surface area contributed by atoms with E-state index in [0.717, 1.165) is 11.5 Å². The van der Waals surface area contributed by atoms with Gasteiger partial charge in [0.05, 0.1) is 12.7 Å². The Balaban J connectivity index is 1.95. The number of phenolic OH excluding ortho intramolecular Hbond substituents is 1. The minimum absolute atomic E-state index is 0.104. The number of rotatable bonds is 4. The first-order valence-electron chi connectivity index (χ1n) is 6.06. The van der Waals surface area contributed by atoms with Crippen LogP contribution in [0.25, 0.3) is 0 Å². The van der Waals surface area contributed by atoms with E-state index in [4.69, 9.17) is 4.74 Å². The average molecular weight is 299 g/mol. The number of nitrogens with one attached hydrogen (secondary N) is 1. The second kappa shape index (κ2) is 6.96. The van der Waals surface area contributed by atoms with Crippen LogP contribution in [0.15, 0.2) is 18.2 Å². The van der Waals surface area contributed by atoms with Crippen LogP contribution >= 0.6 is 23.5 Å². The molecule has 0 aromatic heterocycles. The summed E-state index contributed by atoms with van der Waals surface area (Å²) in [5.41, 5.74) is 0.257. The van der Waals surface area contributed by atoms with Crippen LogP contribution in [0.1, 0.15) is 10.4 Å². The van der Waals surface area contributed by atoms with Gasteiger partial charge in [-0.25, -0.2) is 0 Å². The first-order chi connectivity index (χ1) is 9.22. The molecule has 104 valence electrons. The Morgan fingerprint density at radius 2 is 2.37 bits per heavy atom. The van der Waals surface area contributed by atoms with Gasteiger partial charge < -0.3 is 15.2 Å². The maximum absolute atomic E-state index is 12.0. The van der Waals surface area contributed by atoms with Crippen LogP contribution in [0, 0.1) is 0 Å². The third kappa shape index (κ3) is 3.73. The minimum atomic E-state index is -0.257. The molecule has 1 fully saturated rings. The van der Waals surface area contributed by atoms with Gasteiger partial charge in [-0.3, -0.25) is 4.79 Å². The largest absolute Gasteiger partial charge is 0.504 e. The summed E-state index contributed by atoms with van der Waals surface area (Å²) in [5, 5.41) is 13.2. The molecule has 19 heavy (non-hydrogen) atoms. The van der Waals surface area contributed by atoms with E-state index in [0.29, 0.717) is 17.5 Å². The Bertz CT molecular complexity index is 448. The number of ether oxygens (including phenoxy) is 1. The Labute approximate surface area is 121 Å². The molecule has 1 aliphatic rings. The molecule has 1 atom stereocenters. The van der Waals surface area contributed by atoms with Crippen LogP contribution in [-0.2, 0) is 0 Å². The maximum atomic E-state index is 12.0. The van der Waals surface area contributed by atoms with Crippen molar-refractivity contribution in [3.8, 4) is 11.5 Å². The van der Waals surface area contributed by atoms with Crippen LogP contribution in [0.3, 0.4) is 0 Å². The van der Waals surface area contributed by atoms with Gasteiger partial charge in [-0.05, 0) is 12.1 Å². The number of phenols is 1. The number of methoxy groups -OCH3 is 1. The van der Waals surface area contributed by atoms with E-state index in [1.54, 1.807) is 18.2 Å². The van der Waals surface area contributed by atoms with Crippen molar-refractivity contribution < 1.29 is 14.6 Å². The molecule has 2 N–H and O–H groups in total. The van der Waals surface area contributed by atoms with Crippen LogP contribution in [0.5, 0.6) is 11.5 Å². The standard InChI is InChI=1S/C13H17NO3S2/c1-17-11-4-2-3-10(12(11)15)13(16)14-7-9-8-18-5-6-19-9/h2-4,9,15H,5-8H2,1H3,(H,14,16). The lowest BCUT2D eigenvalue weighted by atomic mass is 10.1. The Morgan fingerprint density at radius 1 is 1.53 bits per heavy atom. The Morgan fingerprint density at radius 3 is 3.05 bits per heavy atom. The molecular formula is C13H17NO3S2. The fraction of sp³-hybridized carbons (Fsp3) is 0.462. The van der Waals surface area contributed by atoms with E-state index in [1.807, 2.05) is 23.5 Å². The maximum Gasteiger partial charge on any atom is 0.255 e. The zero-order valence-electron chi connectivity index (χ0n) is 10.7. The number of hydrogen-bond donors (Lipinski definition) is 2. The zero-order valence-corrected chi connectivity index (χ0v) is 12.4. The second-order valence-corrected chi connectivity index (χ2v) is 6.69. The van der Waals surface area contributed by atoms with Crippen molar-refractivity contribution in [2.24, 2.45) is 0 Å².